The minimum atomic E-state index is 0.0717. The molecule has 0 amide bonds. The van der Waals surface area contributed by atoms with Crippen LogP contribution in [0, 0.1) is 19.3 Å². The largest absolute Gasteiger partial charge is 0.396 e. The number of piperidine rings is 1. The number of nitrogens with zero attached hydrogens (tertiary/aromatic N) is 3. The van der Waals surface area contributed by atoms with Crippen LogP contribution in [0.15, 0.2) is 0 Å². The molecule has 0 spiro atoms. The van der Waals surface area contributed by atoms with Gasteiger partial charge in [0.05, 0.1) is 5.69 Å². The Morgan fingerprint density at radius 2 is 2.11 bits per heavy atom. The molecule has 0 aromatic carbocycles. The van der Waals surface area contributed by atoms with Crippen molar-refractivity contribution in [3.05, 3.63) is 17.0 Å². The first-order chi connectivity index (χ1) is 8.45. The van der Waals surface area contributed by atoms with Crippen LogP contribution in [0.5, 0.6) is 0 Å². The van der Waals surface area contributed by atoms with Crippen molar-refractivity contribution in [3.8, 4) is 0 Å². The van der Waals surface area contributed by atoms with E-state index in [1.165, 1.54) is 17.7 Å². The second-order valence-electron chi connectivity index (χ2n) is 6.06. The topological polar surface area (TPSA) is 41.3 Å². The minimum Gasteiger partial charge on any atom is -0.396 e. The minimum absolute atomic E-state index is 0.0717. The zero-order chi connectivity index (χ0) is 13.3. The van der Waals surface area contributed by atoms with E-state index in [2.05, 4.69) is 30.8 Å². The summed E-state index contributed by atoms with van der Waals surface area (Å²) in [5.41, 5.74) is 3.80. The monoisotopic (exact) mass is 251 g/mol. The van der Waals surface area contributed by atoms with Gasteiger partial charge in [-0.25, -0.2) is 0 Å². The second kappa shape index (κ2) is 5.02. The Morgan fingerprint density at radius 3 is 2.67 bits per heavy atom. The summed E-state index contributed by atoms with van der Waals surface area (Å²) in [6.07, 6.45) is 2.31. The molecule has 0 bridgehead atoms. The molecule has 1 aromatic heterocycles. The molecule has 4 nitrogen and oxygen atoms in total. The van der Waals surface area contributed by atoms with E-state index in [1.807, 2.05) is 11.7 Å². The Bertz CT molecular complexity index is 427. The van der Waals surface area contributed by atoms with Crippen molar-refractivity contribution in [2.24, 2.45) is 12.5 Å². The van der Waals surface area contributed by atoms with Crippen LogP contribution in [0.3, 0.4) is 0 Å². The van der Waals surface area contributed by atoms with Gasteiger partial charge in [0, 0.05) is 43.4 Å². The van der Waals surface area contributed by atoms with Crippen LogP contribution in [0.4, 0.5) is 0 Å². The summed E-state index contributed by atoms with van der Waals surface area (Å²) >= 11 is 0. The molecule has 1 N–H and O–H groups in total. The molecule has 2 rings (SSSR count). The van der Waals surface area contributed by atoms with Crippen molar-refractivity contribution in [2.75, 3.05) is 19.7 Å². The highest BCUT2D eigenvalue weighted by Crippen LogP contribution is 2.30. The Morgan fingerprint density at radius 1 is 1.39 bits per heavy atom. The highest BCUT2D eigenvalue weighted by atomic mass is 16.3. The third-order valence-electron chi connectivity index (χ3n) is 4.28. The van der Waals surface area contributed by atoms with Gasteiger partial charge in [0.15, 0.2) is 0 Å². The number of aromatic nitrogens is 2. The van der Waals surface area contributed by atoms with E-state index >= 15 is 0 Å². The first-order valence-electron chi connectivity index (χ1n) is 6.77. The van der Waals surface area contributed by atoms with Gasteiger partial charge in [-0.1, -0.05) is 6.92 Å². The number of rotatable bonds is 3. The van der Waals surface area contributed by atoms with Crippen molar-refractivity contribution >= 4 is 0 Å². The Balaban J connectivity index is 2.09. The number of hydrogen-bond acceptors (Lipinski definition) is 3. The second-order valence-corrected chi connectivity index (χ2v) is 6.06. The Hall–Kier alpha value is -0.870. The number of likely N-dealkylation sites (tertiary alicyclic amines) is 1. The third kappa shape index (κ3) is 2.59. The van der Waals surface area contributed by atoms with Gasteiger partial charge in [-0.2, -0.15) is 5.10 Å². The fourth-order valence-electron chi connectivity index (χ4n) is 2.96. The zero-order valence-corrected chi connectivity index (χ0v) is 12.0. The van der Waals surface area contributed by atoms with E-state index in [0.29, 0.717) is 0 Å². The summed E-state index contributed by atoms with van der Waals surface area (Å²) in [6, 6.07) is 0. The molecule has 0 aliphatic carbocycles. The summed E-state index contributed by atoms with van der Waals surface area (Å²) in [7, 11) is 2.00. The van der Waals surface area contributed by atoms with E-state index in [4.69, 9.17) is 0 Å². The van der Waals surface area contributed by atoms with Crippen LogP contribution in [-0.4, -0.2) is 39.5 Å². The highest BCUT2D eigenvalue weighted by molar-refractivity contribution is 5.24. The van der Waals surface area contributed by atoms with Crippen LogP contribution in [-0.2, 0) is 13.6 Å². The standard InChI is InChI=1S/C14H25N3O/c1-11-13(12(2)16(4)15-11)8-17-7-5-6-14(3,9-17)10-18/h18H,5-10H2,1-4H3. The van der Waals surface area contributed by atoms with E-state index < -0.39 is 0 Å². The van der Waals surface area contributed by atoms with Crippen molar-refractivity contribution in [3.63, 3.8) is 0 Å². The summed E-state index contributed by atoms with van der Waals surface area (Å²) in [6.45, 7) is 9.75. The molecule has 1 aliphatic rings. The molecular weight excluding hydrogens is 226 g/mol. The average molecular weight is 251 g/mol. The maximum Gasteiger partial charge on any atom is 0.0641 e. The smallest absolute Gasteiger partial charge is 0.0641 e. The molecule has 0 saturated carbocycles. The normalized spacial score (nSPS) is 25.6. The Kier molecular flexibility index (Phi) is 3.78. The number of aliphatic hydroxyl groups excluding tert-OH is 1. The molecule has 102 valence electrons. The van der Waals surface area contributed by atoms with Crippen molar-refractivity contribution in [2.45, 2.75) is 40.2 Å². The summed E-state index contributed by atoms with van der Waals surface area (Å²) < 4.78 is 1.96. The van der Waals surface area contributed by atoms with E-state index in [9.17, 15) is 5.11 Å². The lowest BCUT2D eigenvalue weighted by molar-refractivity contribution is 0.0427. The molecule has 1 fully saturated rings. The number of aliphatic hydroxyl groups is 1. The summed E-state index contributed by atoms with van der Waals surface area (Å²) in [5, 5.41) is 14.0. The lowest BCUT2D eigenvalue weighted by Crippen LogP contribution is -2.43. The van der Waals surface area contributed by atoms with Crippen LogP contribution >= 0.6 is 0 Å². The number of hydrogen-bond donors (Lipinski definition) is 1. The molecule has 1 unspecified atom stereocenters. The van der Waals surface area contributed by atoms with Gasteiger partial charge in [0.1, 0.15) is 0 Å². The maximum absolute atomic E-state index is 9.50. The molecule has 4 heteroatoms. The van der Waals surface area contributed by atoms with E-state index in [-0.39, 0.29) is 12.0 Å². The summed E-state index contributed by atoms with van der Waals surface area (Å²) in [5.74, 6) is 0. The predicted octanol–water partition coefficient (Wildman–Crippen LogP) is 1.63. The van der Waals surface area contributed by atoms with Crippen LogP contribution in [0.25, 0.3) is 0 Å². The quantitative estimate of drug-likeness (QED) is 0.888. The zero-order valence-electron chi connectivity index (χ0n) is 12.0. The van der Waals surface area contributed by atoms with Gasteiger partial charge in [-0.3, -0.25) is 9.58 Å². The molecular formula is C14H25N3O. The molecule has 18 heavy (non-hydrogen) atoms. The predicted molar refractivity (Wildman–Crippen MR) is 72.4 cm³/mol. The lowest BCUT2D eigenvalue weighted by Gasteiger charge is -2.39. The summed E-state index contributed by atoms with van der Waals surface area (Å²) in [4.78, 5) is 2.46. The fraction of sp³-hybridized carbons (Fsp3) is 0.786. The van der Waals surface area contributed by atoms with Gasteiger partial charge < -0.3 is 5.11 Å². The van der Waals surface area contributed by atoms with Gasteiger partial charge in [0.25, 0.3) is 0 Å². The van der Waals surface area contributed by atoms with Crippen LogP contribution in [0.1, 0.15) is 36.7 Å². The van der Waals surface area contributed by atoms with Gasteiger partial charge in [0.2, 0.25) is 0 Å². The molecule has 1 atom stereocenters. The van der Waals surface area contributed by atoms with Gasteiger partial charge >= 0.3 is 0 Å². The van der Waals surface area contributed by atoms with Gasteiger partial charge in [-0.15, -0.1) is 0 Å². The third-order valence-corrected chi connectivity index (χ3v) is 4.28. The highest BCUT2D eigenvalue weighted by Gasteiger charge is 2.30. The van der Waals surface area contributed by atoms with E-state index in [1.54, 1.807) is 0 Å². The molecule has 1 aliphatic heterocycles. The SMILES string of the molecule is Cc1nn(C)c(C)c1CN1CCCC(C)(CO)C1. The van der Waals surface area contributed by atoms with Gasteiger partial charge in [-0.05, 0) is 33.2 Å². The maximum atomic E-state index is 9.50. The lowest BCUT2D eigenvalue weighted by atomic mass is 9.82. The molecule has 0 radical (unpaired) electrons. The van der Waals surface area contributed by atoms with Crippen molar-refractivity contribution in [1.29, 1.82) is 0 Å². The van der Waals surface area contributed by atoms with Crippen LogP contribution in [0.2, 0.25) is 0 Å². The number of aryl methyl sites for hydroxylation is 2. The first kappa shape index (κ1) is 13.6. The van der Waals surface area contributed by atoms with Crippen LogP contribution < -0.4 is 0 Å². The first-order valence-corrected chi connectivity index (χ1v) is 6.77. The Labute approximate surface area is 110 Å². The molecule has 2 heterocycles. The fourth-order valence-corrected chi connectivity index (χ4v) is 2.96. The molecule has 1 saturated heterocycles. The molecule has 1 aromatic rings. The average Bonchev–Trinajstić information content (AvgIpc) is 2.56. The van der Waals surface area contributed by atoms with Crippen molar-refractivity contribution < 1.29 is 5.11 Å². The van der Waals surface area contributed by atoms with Crippen molar-refractivity contribution in [1.82, 2.24) is 14.7 Å². The van der Waals surface area contributed by atoms with E-state index in [0.717, 1.165) is 31.7 Å².